The summed E-state index contributed by atoms with van der Waals surface area (Å²) in [4.78, 5) is 4.63. The van der Waals surface area contributed by atoms with Gasteiger partial charge in [-0.3, -0.25) is 5.32 Å². The lowest BCUT2D eigenvalue weighted by Crippen LogP contribution is -2.39. The van der Waals surface area contributed by atoms with Crippen molar-refractivity contribution in [2.24, 2.45) is 0 Å². The molecule has 0 amide bonds. The molecular formula is C22H41N4O+. The van der Waals surface area contributed by atoms with Crippen LogP contribution >= 0.6 is 0 Å². The third kappa shape index (κ3) is 11.6. The highest BCUT2D eigenvalue weighted by Gasteiger charge is 2.12. The van der Waals surface area contributed by atoms with E-state index in [0.29, 0.717) is 6.54 Å². The van der Waals surface area contributed by atoms with Gasteiger partial charge in [-0.05, 0) is 18.9 Å². The van der Waals surface area contributed by atoms with Crippen LogP contribution in [0.15, 0.2) is 24.4 Å². The zero-order valence-electron chi connectivity index (χ0n) is 17.6. The maximum atomic E-state index is 9.05. The van der Waals surface area contributed by atoms with Crippen molar-refractivity contribution < 1.29 is 9.67 Å². The minimum absolute atomic E-state index is 0.0883. The first-order chi connectivity index (χ1) is 13.2. The highest BCUT2D eigenvalue weighted by atomic mass is 16.3. The molecular weight excluding hydrogens is 336 g/mol. The summed E-state index contributed by atoms with van der Waals surface area (Å²) in [7, 11) is 0. The Morgan fingerprint density at radius 3 is 2.22 bits per heavy atom. The molecule has 0 atom stereocenters. The van der Waals surface area contributed by atoms with Gasteiger partial charge in [0.15, 0.2) is 0 Å². The van der Waals surface area contributed by atoms with Gasteiger partial charge in [0.05, 0.1) is 25.9 Å². The van der Waals surface area contributed by atoms with E-state index in [-0.39, 0.29) is 6.61 Å². The SMILES string of the molecule is C=C(C)C[n+]1ccc(NCCCCCCCCCCCC)nc1NCCO. The van der Waals surface area contributed by atoms with E-state index in [0.717, 1.165) is 30.4 Å². The Hall–Kier alpha value is -1.62. The molecule has 0 aliphatic heterocycles. The number of anilines is 2. The number of nitrogens with zero attached hydrogens (tertiary/aromatic N) is 2. The number of unbranched alkanes of at least 4 members (excludes halogenated alkanes) is 9. The molecule has 0 bridgehead atoms. The van der Waals surface area contributed by atoms with Crippen molar-refractivity contribution >= 4 is 11.8 Å². The van der Waals surface area contributed by atoms with Crippen molar-refractivity contribution in [3.63, 3.8) is 0 Å². The second kappa shape index (κ2) is 15.4. The van der Waals surface area contributed by atoms with Crippen molar-refractivity contribution in [2.45, 2.75) is 84.6 Å². The fourth-order valence-electron chi connectivity index (χ4n) is 3.10. The molecule has 0 radical (unpaired) electrons. The number of hydrogen-bond acceptors (Lipinski definition) is 4. The van der Waals surface area contributed by atoms with E-state index in [1.165, 1.54) is 64.2 Å². The monoisotopic (exact) mass is 377 g/mol. The number of hydrogen-bond donors (Lipinski definition) is 3. The topological polar surface area (TPSA) is 61.1 Å². The molecule has 0 saturated heterocycles. The maximum absolute atomic E-state index is 9.05. The highest BCUT2D eigenvalue weighted by Crippen LogP contribution is 2.11. The lowest BCUT2D eigenvalue weighted by atomic mass is 10.1. The molecule has 1 aromatic heterocycles. The third-order valence-electron chi connectivity index (χ3n) is 4.58. The molecule has 0 saturated carbocycles. The number of aromatic nitrogens is 2. The second-order valence-corrected chi connectivity index (χ2v) is 7.48. The quantitative estimate of drug-likeness (QED) is 0.209. The van der Waals surface area contributed by atoms with Gasteiger partial charge in [-0.25, -0.2) is 4.57 Å². The third-order valence-corrected chi connectivity index (χ3v) is 4.58. The van der Waals surface area contributed by atoms with Crippen LogP contribution in [-0.4, -0.2) is 29.8 Å². The van der Waals surface area contributed by atoms with Crippen LogP contribution in [0.5, 0.6) is 0 Å². The van der Waals surface area contributed by atoms with E-state index in [4.69, 9.17) is 5.11 Å². The first-order valence-electron chi connectivity index (χ1n) is 10.8. The lowest BCUT2D eigenvalue weighted by Gasteiger charge is -2.08. The average molecular weight is 378 g/mol. The fourth-order valence-corrected chi connectivity index (χ4v) is 3.10. The molecule has 0 aliphatic rings. The Morgan fingerprint density at radius 1 is 1.00 bits per heavy atom. The van der Waals surface area contributed by atoms with Crippen molar-refractivity contribution in [1.29, 1.82) is 0 Å². The molecule has 1 heterocycles. The van der Waals surface area contributed by atoms with E-state index in [1.54, 1.807) is 0 Å². The summed E-state index contributed by atoms with van der Waals surface area (Å²) in [5.74, 6) is 1.64. The summed E-state index contributed by atoms with van der Waals surface area (Å²) in [5.41, 5.74) is 1.07. The first-order valence-corrected chi connectivity index (χ1v) is 10.8. The molecule has 5 nitrogen and oxygen atoms in total. The normalized spacial score (nSPS) is 10.8. The smallest absolute Gasteiger partial charge is 0.393 e. The number of rotatable bonds is 17. The number of nitrogens with one attached hydrogen (secondary N) is 2. The van der Waals surface area contributed by atoms with Crippen molar-refractivity contribution in [3.8, 4) is 0 Å². The number of aliphatic hydroxyl groups is 1. The van der Waals surface area contributed by atoms with Crippen LogP contribution in [0.1, 0.15) is 78.1 Å². The van der Waals surface area contributed by atoms with Gasteiger partial charge < -0.3 is 10.4 Å². The van der Waals surface area contributed by atoms with Gasteiger partial charge in [0.25, 0.3) is 0 Å². The van der Waals surface area contributed by atoms with Crippen LogP contribution in [-0.2, 0) is 6.54 Å². The largest absolute Gasteiger partial charge is 0.394 e. The van der Waals surface area contributed by atoms with E-state index in [2.05, 4.69) is 29.1 Å². The Kier molecular flexibility index (Phi) is 13.4. The summed E-state index contributed by atoms with van der Waals surface area (Å²) < 4.78 is 2.02. The van der Waals surface area contributed by atoms with Crippen LogP contribution < -0.4 is 15.2 Å². The van der Waals surface area contributed by atoms with Crippen LogP contribution in [0, 0.1) is 0 Å². The molecule has 0 spiro atoms. The van der Waals surface area contributed by atoms with Gasteiger partial charge in [0.2, 0.25) is 5.82 Å². The molecule has 1 aromatic rings. The van der Waals surface area contributed by atoms with Crippen molar-refractivity contribution in [3.05, 3.63) is 24.4 Å². The Morgan fingerprint density at radius 2 is 1.63 bits per heavy atom. The fraction of sp³-hybridized carbons (Fsp3) is 0.727. The summed E-state index contributed by atoms with van der Waals surface area (Å²) in [6.07, 6.45) is 15.5. The van der Waals surface area contributed by atoms with Crippen molar-refractivity contribution in [2.75, 3.05) is 30.3 Å². The Bertz CT molecular complexity index is 519. The number of allylic oxidation sites excluding steroid dienone is 1. The van der Waals surface area contributed by atoms with Gasteiger partial charge in [-0.1, -0.05) is 76.3 Å². The summed E-state index contributed by atoms with van der Waals surface area (Å²) >= 11 is 0. The Balaban J connectivity index is 2.23. The zero-order chi connectivity index (χ0) is 19.7. The molecule has 0 aliphatic carbocycles. The standard InChI is InChI=1S/C22H40N4O/c1-4-5-6-7-8-9-10-11-12-13-15-23-21-14-17-26(19-20(2)3)22(25-21)24-16-18-27/h14,17,27H,2,4-13,15-16,18-19H2,1,3H3,(H,23,24,25)/p+1. The summed E-state index contributed by atoms with van der Waals surface area (Å²) in [6.45, 7) is 10.5. The summed E-state index contributed by atoms with van der Waals surface area (Å²) in [5, 5.41) is 15.6. The van der Waals surface area contributed by atoms with E-state index < -0.39 is 0 Å². The van der Waals surface area contributed by atoms with E-state index >= 15 is 0 Å². The molecule has 1 rings (SSSR count). The first kappa shape index (κ1) is 23.4. The predicted molar refractivity (Wildman–Crippen MR) is 115 cm³/mol. The van der Waals surface area contributed by atoms with Gasteiger partial charge in [-0.2, -0.15) is 0 Å². The van der Waals surface area contributed by atoms with Gasteiger partial charge in [0.1, 0.15) is 0 Å². The lowest BCUT2D eigenvalue weighted by molar-refractivity contribution is -0.677. The molecule has 0 fully saturated rings. The number of aliphatic hydroxyl groups excluding tert-OH is 1. The molecule has 27 heavy (non-hydrogen) atoms. The van der Waals surface area contributed by atoms with E-state index in [9.17, 15) is 0 Å². The van der Waals surface area contributed by atoms with Gasteiger partial charge >= 0.3 is 5.95 Å². The van der Waals surface area contributed by atoms with E-state index in [1.807, 2.05) is 23.8 Å². The molecule has 5 heteroatoms. The van der Waals surface area contributed by atoms with Gasteiger partial charge in [0, 0.05) is 12.6 Å². The van der Waals surface area contributed by atoms with Crippen LogP contribution in [0.25, 0.3) is 0 Å². The minimum atomic E-state index is 0.0883. The van der Waals surface area contributed by atoms with Crippen LogP contribution in [0.3, 0.4) is 0 Å². The van der Waals surface area contributed by atoms with Crippen LogP contribution in [0.4, 0.5) is 11.8 Å². The second-order valence-electron chi connectivity index (χ2n) is 7.48. The Labute approximate surface area is 166 Å². The summed E-state index contributed by atoms with van der Waals surface area (Å²) in [6, 6.07) is 2.00. The molecule has 0 aromatic carbocycles. The highest BCUT2D eigenvalue weighted by molar-refractivity contribution is 5.36. The maximum Gasteiger partial charge on any atom is 0.394 e. The van der Waals surface area contributed by atoms with Gasteiger partial charge in [-0.15, -0.1) is 0 Å². The molecule has 0 unspecified atom stereocenters. The predicted octanol–water partition coefficient (Wildman–Crippen LogP) is 4.68. The molecule has 154 valence electrons. The van der Waals surface area contributed by atoms with Crippen molar-refractivity contribution in [1.82, 2.24) is 4.98 Å². The minimum Gasteiger partial charge on any atom is -0.393 e. The average Bonchev–Trinajstić information content (AvgIpc) is 2.65. The van der Waals surface area contributed by atoms with Crippen LogP contribution in [0.2, 0.25) is 0 Å². The zero-order valence-corrected chi connectivity index (χ0v) is 17.6. The molecule has 3 N–H and O–H groups in total.